The standard InChI is InChI=1S/C17H20N2O4.ClH/c1-11-8-13(6-7-18-11)19-16(20)10-22-14-4-2-12-3-5-17(21)23-15(12)9-14;/h2-5,9,11,13,18H,6-8,10H2,1H3,(H,19,20);1H. The molecule has 2 aromatic rings. The van der Waals surface area contributed by atoms with Gasteiger partial charge < -0.3 is 19.8 Å². The van der Waals surface area contributed by atoms with Crippen LogP contribution < -0.4 is 21.0 Å². The van der Waals surface area contributed by atoms with Gasteiger partial charge in [-0.3, -0.25) is 4.79 Å². The van der Waals surface area contributed by atoms with Crippen molar-refractivity contribution in [3.05, 3.63) is 40.8 Å². The van der Waals surface area contributed by atoms with Gasteiger partial charge in [0.15, 0.2) is 6.61 Å². The predicted octanol–water partition coefficient (Wildman–Crippen LogP) is 1.85. The first-order valence-electron chi connectivity index (χ1n) is 7.79. The lowest BCUT2D eigenvalue weighted by molar-refractivity contribution is -0.124. The zero-order valence-electron chi connectivity index (χ0n) is 13.4. The van der Waals surface area contributed by atoms with Gasteiger partial charge in [0.25, 0.3) is 5.91 Å². The summed E-state index contributed by atoms with van der Waals surface area (Å²) in [4.78, 5) is 23.2. The fraction of sp³-hybridized carbons (Fsp3) is 0.412. The summed E-state index contributed by atoms with van der Waals surface area (Å²) in [5.74, 6) is 0.361. The molecule has 2 heterocycles. The third-order valence-corrected chi connectivity index (χ3v) is 3.95. The highest BCUT2D eigenvalue weighted by Gasteiger charge is 2.19. The monoisotopic (exact) mass is 352 g/mol. The SMILES string of the molecule is CC1CC(NC(=O)COc2ccc3ccc(=O)oc3c2)CCN1.Cl. The number of nitrogens with one attached hydrogen (secondary N) is 2. The van der Waals surface area contributed by atoms with Gasteiger partial charge in [-0.05, 0) is 44.5 Å². The van der Waals surface area contributed by atoms with E-state index >= 15 is 0 Å². The van der Waals surface area contributed by atoms with E-state index in [0.717, 1.165) is 24.8 Å². The molecular formula is C17H21ClN2O4. The third-order valence-electron chi connectivity index (χ3n) is 3.95. The van der Waals surface area contributed by atoms with Crippen LogP contribution in [0.3, 0.4) is 0 Å². The molecule has 2 atom stereocenters. The van der Waals surface area contributed by atoms with Crippen molar-refractivity contribution < 1.29 is 13.9 Å². The molecule has 0 bridgehead atoms. The van der Waals surface area contributed by atoms with Crippen LogP contribution in [0.2, 0.25) is 0 Å². The highest BCUT2D eigenvalue weighted by Crippen LogP contribution is 2.19. The predicted molar refractivity (Wildman–Crippen MR) is 93.9 cm³/mol. The molecule has 0 spiro atoms. The van der Waals surface area contributed by atoms with Crippen molar-refractivity contribution in [2.75, 3.05) is 13.2 Å². The number of rotatable bonds is 4. The Kier molecular flexibility index (Phi) is 6.23. The van der Waals surface area contributed by atoms with E-state index in [2.05, 4.69) is 17.6 Å². The second-order valence-corrected chi connectivity index (χ2v) is 5.89. The van der Waals surface area contributed by atoms with Crippen molar-refractivity contribution in [3.8, 4) is 5.75 Å². The molecule has 1 aliphatic heterocycles. The van der Waals surface area contributed by atoms with Crippen LogP contribution in [0.4, 0.5) is 0 Å². The van der Waals surface area contributed by atoms with Crippen LogP contribution in [0.1, 0.15) is 19.8 Å². The number of carbonyl (C=O) groups excluding carboxylic acids is 1. The number of hydrogen-bond acceptors (Lipinski definition) is 5. The van der Waals surface area contributed by atoms with Crippen molar-refractivity contribution in [1.29, 1.82) is 0 Å². The Bertz CT molecular complexity index is 762. The molecule has 0 radical (unpaired) electrons. The molecule has 2 N–H and O–H groups in total. The zero-order chi connectivity index (χ0) is 16.2. The molecule has 1 aliphatic rings. The number of piperidine rings is 1. The average Bonchev–Trinajstić information content (AvgIpc) is 2.52. The van der Waals surface area contributed by atoms with Crippen molar-refractivity contribution in [2.24, 2.45) is 0 Å². The summed E-state index contributed by atoms with van der Waals surface area (Å²) >= 11 is 0. The van der Waals surface area contributed by atoms with Gasteiger partial charge in [-0.15, -0.1) is 12.4 Å². The van der Waals surface area contributed by atoms with E-state index in [-0.39, 0.29) is 31.0 Å². The smallest absolute Gasteiger partial charge is 0.336 e. The third kappa shape index (κ3) is 4.72. The second-order valence-electron chi connectivity index (χ2n) is 5.89. The number of benzene rings is 1. The van der Waals surface area contributed by atoms with E-state index in [1.807, 2.05) is 0 Å². The molecule has 6 nitrogen and oxygen atoms in total. The lowest BCUT2D eigenvalue weighted by atomic mass is 10.0. The minimum absolute atomic E-state index is 0. The lowest BCUT2D eigenvalue weighted by Crippen LogP contribution is -2.47. The van der Waals surface area contributed by atoms with Gasteiger partial charge >= 0.3 is 5.63 Å². The van der Waals surface area contributed by atoms with Crippen LogP contribution in [0.25, 0.3) is 11.0 Å². The van der Waals surface area contributed by atoms with Gasteiger partial charge in [-0.1, -0.05) is 0 Å². The maximum atomic E-state index is 12.0. The summed E-state index contributed by atoms with van der Waals surface area (Å²) in [6, 6.07) is 8.83. The van der Waals surface area contributed by atoms with Gasteiger partial charge in [0, 0.05) is 29.6 Å². The topological polar surface area (TPSA) is 80.6 Å². The van der Waals surface area contributed by atoms with Crippen LogP contribution in [0.5, 0.6) is 5.75 Å². The molecular weight excluding hydrogens is 332 g/mol. The quantitative estimate of drug-likeness (QED) is 0.821. The van der Waals surface area contributed by atoms with Crippen LogP contribution in [-0.4, -0.2) is 31.1 Å². The Morgan fingerprint density at radius 1 is 1.38 bits per heavy atom. The summed E-state index contributed by atoms with van der Waals surface area (Å²) in [7, 11) is 0. The minimum Gasteiger partial charge on any atom is -0.484 e. The first kappa shape index (κ1) is 18.3. The Balaban J connectivity index is 0.00000208. The molecule has 1 fully saturated rings. The van der Waals surface area contributed by atoms with Gasteiger partial charge in [0.2, 0.25) is 0 Å². The van der Waals surface area contributed by atoms with Gasteiger partial charge in [0.1, 0.15) is 11.3 Å². The van der Waals surface area contributed by atoms with Gasteiger partial charge in [-0.2, -0.15) is 0 Å². The van der Waals surface area contributed by atoms with Crippen LogP contribution in [0.15, 0.2) is 39.5 Å². The molecule has 24 heavy (non-hydrogen) atoms. The summed E-state index contributed by atoms with van der Waals surface area (Å²) in [6.07, 6.45) is 1.85. The fourth-order valence-electron chi connectivity index (χ4n) is 2.81. The lowest BCUT2D eigenvalue weighted by Gasteiger charge is -2.28. The van der Waals surface area contributed by atoms with Crippen LogP contribution >= 0.6 is 12.4 Å². The van der Waals surface area contributed by atoms with E-state index in [9.17, 15) is 9.59 Å². The second kappa shape index (κ2) is 8.17. The van der Waals surface area contributed by atoms with E-state index in [1.54, 1.807) is 24.3 Å². The Hall–Kier alpha value is -2.05. The molecule has 3 rings (SSSR count). The normalized spacial score (nSPS) is 20.2. The highest BCUT2D eigenvalue weighted by molar-refractivity contribution is 5.85. The molecule has 2 unspecified atom stereocenters. The molecule has 7 heteroatoms. The molecule has 0 saturated carbocycles. The molecule has 1 amide bonds. The molecule has 1 aromatic heterocycles. The Labute approximate surface area is 146 Å². The largest absolute Gasteiger partial charge is 0.484 e. The maximum Gasteiger partial charge on any atom is 0.336 e. The highest BCUT2D eigenvalue weighted by atomic mass is 35.5. The van der Waals surface area contributed by atoms with Crippen molar-refractivity contribution in [2.45, 2.75) is 31.8 Å². The summed E-state index contributed by atoms with van der Waals surface area (Å²) < 4.78 is 10.6. The molecule has 0 aliphatic carbocycles. The van der Waals surface area contributed by atoms with Gasteiger partial charge in [-0.25, -0.2) is 4.79 Å². The first-order valence-corrected chi connectivity index (χ1v) is 7.79. The van der Waals surface area contributed by atoms with E-state index in [4.69, 9.17) is 9.15 Å². The average molecular weight is 353 g/mol. The Morgan fingerprint density at radius 3 is 2.96 bits per heavy atom. The fourth-order valence-corrected chi connectivity index (χ4v) is 2.81. The molecule has 1 aromatic carbocycles. The zero-order valence-corrected chi connectivity index (χ0v) is 14.2. The number of carbonyl (C=O) groups is 1. The van der Waals surface area contributed by atoms with E-state index in [1.165, 1.54) is 6.07 Å². The van der Waals surface area contributed by atoms with Crippen LogP contribution in [0, 0.1) is 0 Å². The van der Waals surface area contributed by atoms with E-state index < -0.39 is 5.63 Å². The number of amides is 1. The Morgan fingerprint density at radius 2 is 2.17 bits per heavy atom. The van der Waals surface area contributed by atoms with Crippen molar-refractivity contribution in [1.82, 2.24) is 10.6 Å². The first-order chi connectivity index (χ1) is 11.1. The summed E-state index contributed by atoms with van der Waals surface area (Å²) in [5, 5.41) is 7.14. The number of halogens is 1. The number of ether oxygens (including phenoxy) is 1. The van der Waals surface area contributed by atoms with Crippen molar-refractivity contribution >= 4 is 29.3 Å². The number of hydrogen-bond donors (Lipinski definition) is 2. The molecule has 1 saturated heterocycles. The summed E-state index contributed by atoms with van der Waals surface area (Å²) in [5.41, 5.74) is 0.0370. The van der Waals surface area contributed by atoms with Crippen molar-refractivity contribution in [3.63, 3.8) is 0 Å². The maximum absolute atomic E-state index is 12.0. The van der Waals surface area contributed by atoms with E-state index in [0.29, 0.717) is 17.4 Å². The number of fused-ring (bicyclic) bond motifs is 1. The van der Waals surface area contributed by atoms with Crippen LogP contribution in [-0.2, 0) is 4.79 Å². The minimum atomic E-state index is -0.410. The molecule has 130 valence electrons. The van der Waals surface area contributed by atoms with Gasteiger partial charge in [0.05, 0.1) is 0 Å². The summed E-state index contributed by atoms with van der Waals surface area (Å²) in [6.45, 7) is 2.97.